The lowest BCUT2D eigenvalue weighted by molar-refractivity contribution is -0.128. The van der Waals surface area contributed by atoms with Gasteiger partial charge in [0.15, 0.2) is 17.3 Å². The maximum Gasteiger partial charge on any atom is 0.239 e. The average Bonchev–Trinajstić information content (AvgIpc) is 3.02. The molecule has 9 heteroatoms. The minimum Gasteiger partial charge on any atom is -0.490 e. The first-order valence-corrected chi connectivity index (χ1v) is 10.9. The second kappa shape index (κ2) is 11.4. The molecular weight excluding hydrogens is 423 g/mol. The van der Waals surface area contributed by atoms with Crippen molar-refractivity contribution in [2.45, 2.75) is 30.6 Å². The third-order valence-corrected chi connectivity index (χ3v) is 5.42. The molecule has 0 aromatic heterocycles. The van der Waals surface area contributed by atoms with Gasteiger partial charge in [0.1, 0.15) is 5.82 Å². The molecule has 0 fully saturated rings. The zero-order valence-electron chi connectivity index (χ0n) is 16.8. The molecule has 0 saturated heterocycles. The zero-order chi connectivity index (χ0) is 22.1. The third kappa shape index (κ3) is 7.29. The number of ether oxygens (including phenoxy) is 2. The summed E-state index contributed by atoms with van der Waals surface area (Å²) in [6, 6.07) is 11.0. The quantitative estimate of drug-likeness (QED) is 0.367. The van der Waals surface area contributed by atoms with Crippen LogP contribution >= 0.6 is 11.8 Å². The Kier molecular flexibility index (Phi) is 8.28. The predicted octanol–water partition coefficient (Wildman–Crippen LogP) is 3.28. The van der Waals surface area contributed by atoms with Gasteiger partial charge in [0, 0.05) is 41.9 Å². The van der Waals surface area contributed by atoms with E-state index < -0.39 is 5.91 Å². The number of carbonyl (C=O) groups excluding carboxylic acids is 3. The van der Waals surface area contributed by atoms with Crippen LogP contribution in [0.15, 0.2) is 47.4 Å². The largest absolute Gasteiger partial charge is 0.490 e. The van der Waals surface area contributed by atoms with Gasteiger partial charge >= 0.3 is 0 Å². The van der Waals surface area contributed by atoms with Gasteiger partial charge in [-0.3, -0.25) is 25.2 Å². The van der Waals surface area contributed by atoms with Crippen molar-refractivity contribution in [2.75, 3.05) is 19.0 Å². The first-order chi connectivity index (χ1) is 15.0. The van der Waals surface area contributed by atoms with E-state index in [0.717, 1.165) is 11.3 Å². The fourth-order valence-corrected chi connectivity index (χ4v) is 3.62. The van der Waals surface area contributed by atoms with Crippen LogP contribution in [-0.4, -0.2) is 36.6 Å². The van der Waals surface area contributed by atoms with Crippen molar-refractivity contribution in [1.82, 2.24) is 10.9 Å². The number of Topliss-reactive ketones (excluding diaryl/α,β-unsaturated/α-hetero) is 1. The van der Waals surface area contributed by atoms with Gasteiger partial charge in [-0.15, -0.1) is 11.8 Å². The second-order valence-electron chi connectivity index (χ2n) is 6.78. The van der Waals surface area contributed by atoms with E-state index in [1.807, 2.05) is 0 Å². The number of benzene rings is 2. The van der Waals surface area contributed by atoms with E-state index in [9.17, 15) is 18.8 Å². The molecule has 0 unspecified atom stereocenters. The number of halogens is 1. The van der Waals surface area contributed by atoms with Crippen LogP contribution in [0.4, 0.5) is 4.39 Å². The van der Waals surface area contributed by atoms with Crippen molar-refractivity contribution in [3.05, 3.63) is 53.8 Å². The van der Waals surface area contributed by atoms with Crippen LogP contribution in [0.5, 0.6) is 11.5 Å². The molecule has 2 N–H and O–H groups in total. The fraction of sp³-hybridized carbons (Fsp3) is 0.318. The molecule has 0 radical (unpaired) electrons. The predicted molar refractivity (Wildman–Crippen MR) is 114 cm³/mol. The number of ketones is 1. The number of hydrazine groups is 1. The van der Waals surface area contributed by atoms with Gasteiger partial charge in [-0.25, -0.2) is 4.39 Å². The molecule has 0 saturated carbocycles. The van der Waals surface area contributed by atoms with Crippen molar-refractivity contribution in [3.63, 3.8) is 0 Å². The maximum atomic E-state index is 12.9. The molecule has 0 bridgehead atoms. The number of carbonyl (C=O) groups is 3. The number of thioether (sulfide) groups is 1. The standard InChI is InChI=1S/C22H23FN2O5S/c23-16-3-5-17(6-4-16)31-13-10-22(28)25-24-21(27)9-7-18(26)15-2-8-19-20(14-15)30-12-1-11-29-19/h2-6,8,14H,1,7,9-13H2,(H,24,27)(H,25,28). The van der Waals surface area contributed by atoms with Crippen LogP contribution in [-0.2, 0) is 9.59 Å². The SMILES string of the molecule is O=C(CCSc1ccc(F)cc1)NNC(=O)CCC(=O)c1ccc2c(c1)OCCCO2. The summed E-state index contributed by atoms with van der Waals surface area (Å²) in [5, 5.41) is 0. The van der Waals surface area contributed by atoms with Crippen LogP contribution in [0.25, 0.3) is 0 Å². The first kappa shape index (κ1) is 22.6. The number of rotatable bonds is 8. The number of amides is 2. The molecule has 1 aliphatic heterocycles. The lowest BCUT2D eigenvalue weighted by Gasteiger charge is -2.09. The molecule has 2 aromatic carbocycles. The number of hydrogen-bond donors (Lipinski definition) is 2. The highest BCUT2D eigenvalue weighted by Gasteiger charge is 2.15. The Labute approximate surface area is 183 Å². The summed E-state index contributed by atoms with van der Waals surface area (Å²) in [7, 11) is 0. The summed E-state index contributed by atoms with van der Waals surface area (Å²) >= 11 is 1.41. The van der Waals surface area contributed by atoms with Crippen LogP contribution in [0.2, 0.25) is 0 Å². The van der Waals surface area contributed by atoms with Gasteiger partial charge < -0.3 is 9.47 Å². The molecule has 0 aliphatic carbocycles. The second-order valence-corrected chi connectivity index (χ2v) is 7.95. The van der Waals surface area contributed by atoms with Crippen LogP contribution in [0, 0.1) is 5.82 Å². The summed E-state index contributed by atoms with van der Waals surface area (Å²) < 4.78 is 24.0. The highest BCUT2D eigenvalue weighted by molar-refractivity contribution is 7.99. The highest BCUT2D eigenvalue weighted by atomic mass is 32.2. The van der Waals surface area contributed by atoms with E-state index in [2.05, 4.69) is 10.9 Å². The molecule has 2 amide bonds. The smallest absolute Gasteiger partial charge is 0.239 e. The monoisotopic (exact) mass is 446 g/mol. The van der Waals surface area contributed by atoms with Gasteiger partial charge in [-0.1, -0.05) is 0 Å². The van der Waals surface area contributed by atoms with Crippen molar-refractivity contribution < 1.29 is 28.2 Å². The Morgan fingerprint density at radius 1 is 0.871 bits per heavy atom. The molecule has 7 nitrogen and oxygen atoms in total. The minimum absolute atomic E-state index is 0.00175. The number of nitrogens with one attached hydrogen (secondary N) is 2. The molecule has 1 heterocycles. The van der Waals surface area contributed by atoms with E-state index in [0.29, 0.717) is 36.0 Å². The van der Waals surface area contributed by atoms with Crippen molar-refractivity contribution in [3.8, 4) is 11.5 Å². The summed E-state index contributed by atoms with van der Waals surface area (Å²) in [5.41, 5.74) is 5.08. The minimum atomic E-state index is -0.456. The molecular formula is C22H23FN2O5S. The van der Waals surface area contributed by atoms with E-state index in [1.54, 1.807) is 30.3 Å². The van der Waals surface area contributed by atoms with Crippen LogP contribution < -0.4 is 20.3 Å². The summed E-state index contributed by atoms with van der Waals surface area (Å²) in [4.78, 5) is 37.0. The maximum absolute atomic E-state index is 12.9. The number of fused-ring (bicyclic) bond motifs is 1. The van der Waals surface area contributed by atoms with E-state index in [-0.39, 0.29) is 36.8 Å². The molecule has 0 atom stereocenters. The van der Waals surface area contributed by atoms with Gasteiger partial charge in [-0.05, 0) is 42.5 Å². The lowest BCUT2D eigenvalue weighted by Crippen LogP contribution is -2.41. The molecule has 31 heavy (non-hydrogen) atoms. The Morgan fingerprint density at radius 2 is 1.55 bits per heavy atom. The van der Waals surface area contributed by atoms with Crippen LogP contribution in [0.3, 0.4) is 0 Å². The van der Waals surface area contributed by atoms with Gasteiger partial charge in [-0.2, -0.15) is 0 Å². The Balaban J connectivity index is 1.35. The fourth-order valence-electron chi connectivity index (χ4n) is 2.76. The summed E-state index contributed by atoms with van der Waals surface area (Å²) in [6.45, 7) is 1.09. The van der Waals surface area contributed by atoms with Crippen LogP contribution in [0.1, 0.15) is 36.0 Å². The summed E-state index contributed by atoms with van der Waals surface area (Å²) in [5.74, 6) is 0.293. The Bertz CT molecular complexity index is 936. The van der Waals surface area contributed by atoms with E-state index >= 15 is 0 Å². The van der Waals surface area contributed by atoms with Crippen molar-refractivity contribution in [1.29, 1.82) is 0 Å². The van der Waals surface area contributed by atoms with Gasteiger partial charge in [0.2, 0.25) is 11.8 Å². The first-order valence-electron chi connectivity index (χ1n) is 9.90. The van der Waals surface area contributed by atoms with Gasteiger partial charge in [0.05, 0.1) is 13.2 Å². The van der Waals surface area contributed by atoms with Gasteiger partial charge in [0.25, 0.3) is 0 Å². The normalized spacial score (nSPS) is 12.5. The van der Waals surface area contributed by atoms with E-state index in [4.69, 9.17) is 9.47 Å². The zero-order valence-corrected chi connectivity index (χ0v) is 17.6. The molecule has 0 spiro atoms. The molecule has 1 aliphatic rings. The Hall–Kier alpha value is -3.07. The highest BCUT2D eigenvalue weighted by Crippen LogP contribution is 2.30. The van der Waals surface area contributed by atoms with Crippen molar-refractivity contribution in [2.24, 2.45) is 0 Å². The lowest BCUT2D eigenvalue weighted by atomic mass is 10.1. The van der Waals surface area contributed by atoms with E-state index in [1.165, 1.54) is 23.9 Å². The molecule has 164 valence electrons. The summed E-state index contributed by atoms with van der Waals surface area (Å²) in [6.07, 6.45) is 0.896. The Morgan fingerprint density at radius 3 is 2.29 bits per heavy atom. The number of hydrogen-bond acceptors (Lipinski definition) is 6. The third-order valence-electron chi connectivity index (χ3n) is 4.40. The molecule has 2 aromatic rings. The topological polar surface area (TPSA) is 93.7 Å². The average molecular weight is 447 g/mol. The molecule has 3 rings (SSSR count). The van der Waals surface area contributed by atoms with Crippen molar-refractivity contribution >= 4 is 29.4 Å².